The smallest absolute Gasteiger partial charge is 0.166 e. The third-order valence-corrected chi connectivity index (χ3v) is 20.4. The van der Waals surface area contributed by atoms with Crippen LogP contribution in [0.5, 0.6) is 11.5 Å². The molecule has 0 aliphatic carbocycles. The Balaban J connectivity index is -0.000000176. The fraction of sp³-hybridized carbons (Fsp3) is 0.691. The summed E-state index contributed by atoms with van der Waals surface area (Å²) in [6.07, 6.45) is 77.5. The van der Waals surface area contributed by atoms with Crippen molar-refractivity contribution in [2.45, 2.75) is 434 Å². The molecule has 0 atom stereocenters. The second kappa shape index (κ2) is 103. The standard InChI is InChI=1S/C26H46O2.C19H32O2.2C13H28.C12H10.C10H8.C4H10.2C3H9NO2S.C3H8.4CH4.H2/c1-3-5-7-9-11-13-15-17-24-19-20-26(28-22-21-27)25(23-24)18-16-14-12-10-8-6-4-2;1-4-6-8-10-17-14-16(3)15-18(11-9-7-5-2)19(17)21-13-12-20;2*1-3-5-7-9-11-13-12-10-8-6-4-2;1-3-7-11(8-4-1)12-9-5-2-6-10-12;1-2-6-10-8-4-3-7-9(10)5-1;1-3-4-2;2*1-7(2,3)6-4-5;1-3-2;;;;;/h19-20,23,27H,3-18,21-22H2,1-2H3;14-15,20H,4-13H2,1-3H3;2*3-13H2,1-2H3;1-10H;1-8H;3-4H2,1-2H3;2*1-3H3;3H2,1-2H3;4*1H4;1H. The molecule has 0 aliphatic heterocycles. The molecule has 6 aromatic rings. The van der Waals surface area contributed by atoms with Crippen LogP contribution in [0.15, 0.2) is 150 Å². The lowest BCUT2D eigenvalue weighted by Gasteiger charge is -2.17. The average molecular weight is 1750 g/mol. The topological polar surface area (TPSA) is 136 Å². The highest BCUT2D eigenvalue weighted by molar-refractivity contribution is 8.28. The highest BCUT2D eigenvalue weighted by Gasteiger charge is 2.13. The van der Waals surface area contributed by atoms with Crippen LogP contribution in [0.25, 0.3) is 21.9 Å². The number of ether oxygens (including phenoxy) is 2. The maximum Gasteiger partial charge on any atom is 0.166 e. The number of nitrogens with zero attached hydrogens (tertiary/aromatic N) is 2. The molecule has 0 heterocycles. The third-order valence-electron chi connectivity index (χ3n) is 19.4. The minimum absolute atomic E-state index is 0. The van der Waals surface area contributed by atoms with Crippen LogP contribution in [0.3, 0.4) is 0 Å². The summed E-state index contributed by atoms with van der Waals surface area (Å²) in [7, 11) is -2.31. The maximum absolute atomic E-state index is 9.37. The second-order valence-corrected chi connectivity index (χ2v) is 40.3. The SMILES string of the molecule is C.C.C.C.CCC.CCCC.CCCCCCCCCCCCC.CCCCCCCCCCCCC.CCCCCCCCCc1ccc(OCCO)c(CCCCCCCCC)c1.CCCCCc1cc(C)cc(CCCCC)c1OCCO.CS(C)(C)ON=O.CS(C)(C)ON=O.[HH].c1ccc(-c2ccccc2)cc1.c1ccc2ccccc2c1. The van der Waals surface area contributed by atoms with Crippen molar-refractivity contribution in [2.75, 3.05) is 64.0 Å². The summed E-state index contributed by atoms with van der Waals surface area (Å²) in [6.45, 7) is 29.9. The molecule has 6 aromatic carbocycles. The molecule has 10 nitrogen and oxygen atoms in total. The van der Waals surface area contributed by atoms with Gasteiger partial charge in [0, 0.05) is 1.43 Å². The van der Waals surface area contributed by atoms with Crippen LogP contribution < -0.4 is 9.47 Å². The van der Waals surface area contributed by atoms with Gasteiger partial charge in [-0.1, -0.05) is 536 Å². The Morgan fingerprint density at radius 2 is 0.541 bits per heavy atom. The monoisotopic (exact) mass is 1750 g/mol. The van der Waals surface area contributed by atoms with Gasteiger partial charge in [-0.2, -0.15) is 0 Å². The number of hydrogen-bond donors (Lipinski definition) is 2. The number of aryl methyl sites for hydroxylation is 5. The highest BCUT2D eigenvalue weighted by atomic mass is 32.3. The van der Waals surface area contributed by atoms with Gasteiger partial charge in [-0.15, -0.1) is 9.81 Å². The minimum atomic E-state index is -1.15. The first-order valence-corrected chi connectivity index (χ1v) is 53.5. The van der Waals surface area contributed by atoms with Crippen molar-refractivity contribution in [1.29, 1.82) is 0 Å². The van der Waals surface area contributed by atoms with Crippen molar-refractivity contribution in [3.8, 4) is 22.6 Å². The van der Waals surface area contributed by atoms with Gasteiger partial charge in [0.1, 0.15) is 24.7 Å². The molecule has 122 heavy (non-hydrogen) atoms. The van der Waals surface area contributed by atoms with Gasteiger partial charge in [-0.05, 0) is 146 Å². The van der Waals surface area contributed by atoms with Crippen molar-refractivity contribution >= 4 is 31.4 Å². The molecule has 0 unspecified atom stereocenters. The van der Waals surface area contributed by atoms with Crippen LogP contribution >= 0.6 is 20.6 Å². The molecular weight excluding hydrogens is 1540 g/mol. The van der Waals surface area contributed by atoms with E-state index < -0.39 is 20.6 Å². The molecule has 716 valence electrons. The summed E-state index contributed by atoms with van der Waals surface area (Å²) >= 11 is 0. The second-order valence-electron chi connectivity index (χ2n) is 33.1. The van der Waals surface area contributed by atoms with E-state index in [4.69, 9.17) is 19.7 Å². The van der Waals surface area contributed by atoms with Crippen LogP contribution in [0.4, 0.5) is 0 Å². The van der Waals surface area contributed by atoms with E-state index in [9.17, 15) is 9.81 Å². The zero-order valence-corrected chi connectivity index (χ0v) is 81.9. The largest absolute Gasteiger partial charge is 0.491 e. The summed E-state index contributed by atoms with van der Waals surface area (Å²) in [5, 5.41) is 25.4. The van der Waals surface area contributed by atoms with Crippen LogP contribution in [-0.4, -0.2) is 74.2 Å². The van der Waals surface area contributed by atoms with E-state index in [-0.39, 0.29) is 44.3 Å². The van der Waals surface area contributed by atoms with Crippen molar-refractivity contribution in [2.24, 2.45) is 10.7 Å². The van der Waals surface area contributed by atoms with E-state index in [1.807, 2.05) is 49.7 Å². The molecular formula is C110H206N2O8S2. The number of hydrogen-bond acceptors (Lipinski definition) is 10. The van der Waals surface area contributed by atoms with Crippen molar-refractivity contribution in [3.05, 3.63) is 177 Å². The predicted octanol–water partition coefficient (Wildman–Crippen LogP) is 37.9. The van der Waals surface area contributed by atoms with E-state index in [1.54, 1.807) is 0 Å². The number of aliphatic hydroxyl groups excluding tert-OH is 2. The molecule has 0 radical (unpaired) electrons. The number of fused-ring (bicyclic) bond motifs is 1. The summed E-state index contributed by atoms with van der Waals surface area (Å²) in [5.74, 6) is 2.02. The van der Waals surface area contributed by atoms with E-state index in [2.05, 4.69) is 237 Å². The van der Waals surface area contributed by atoms with Crippen molar-refractivity contribution in [1.82, 2.24) is 0 Å². The molecule has 0 aliphatic rings. The molecule has 0 bridgehead atoms. The summed E-state index contributed by atoms with van der Waals surface area (Å²) in [4.78, 5) is 18.7. The van der Waals surface area contributed by atoms with Gasteiger partial charge in [0.05, 0.1) is 13.2 Å². The lowest BCUT2D eigenvalue weighted by atomic mass is 9.97. The Morgan fingerprint density at radius 1 is 0.295 bits per heavy atom. The molecule has 0 spiro atoms. The van der Waals surface area contributed by atoms with E-state index in [1.165, 1.54) is 345 Å². The van der Waals surface area contributed by atoms with Crippen molar-refractivity contribution < 1.29 is 29.7 Å². The van der Waals surface area contributed by atoms with Crippen LogP contribution in [0.2, 0.25) is 0 Å². The lowest BCUT2D eigenvalue weighted by Crippen LogP contribution is -2.07. The fourth-order valence-corrected chi connectivity index (χ4v) is 13.0. The first kappa shape index (κ1) is 132. The zero-order valence-electron chi connectivity index (χ0n) is 80.3. The summed E-state index contributed by atoms with van der Waals surface area (Å²) < 4.78 is 20.4. The predicted molar refractivity (Wildman–Crippen MR) is 563 cm³/mol. The van der Waals surface area contributed by atoms with Crippen LogP contribution in [-0.2, 0) is 34.3 Å². The normalized spacial score (nSPS) is 10.3. The molecule has 0 amide bonds. The Kier molecular flexibility index (Phi) is 111. The van der Waals surface area contributed by atoms with Gasteiger partial charge >= 0.3 is 0 Å². The van der Waals surface area contributed by atoms with Gasteiger partial charge in [-0.3, -0.25) is 0 Å². The Labute approximate surface area is 765 Å². The van der Waals surface area contributed by atoms with Gasteiger partial charge in [0.15, 0.2) is 10.7 Å². The fourth-order valence-electron chi connectivity index (χ4n) is 12.7. The molecule has 0 saturated heterocycles. The molecule has 6 rings (SSSR count). The Hall–Kier alpha value is -5.40. The van der Waals surface area contributed by atoms with Gasteiger partial charge < -0.3 is 28.3 Å². The third kappa shape index (κ3) is 92.3. The highest BCUT2D eigenvalue weighted by Crippen LogP contribution is 2.37. The van der Waals surface area contributed by atoms with Crippen molar-refractivity contribution in [3.63, 3.8) is 0 Å². The van der Waals surface area contributed by atoms with Crippen LogP contribution in [0, 0.1) is 16.7 Å². The lowest BCUT2D eigenvalue weighted by molar-refractivity contribution is 0.199. The molecule has 2 N–H and O–H groups in total. The molecule has 0 saturated carbocycles. The first-order chi connectivity index (χ1) is 57.2. The molecule has 0 fully saturated rings. The molecule has 12 heteroatoms. The van der Waals surface area contributed by atoms with Gasteiger partial charge in [-0.25, -0.2) is 0 Å². The quantitative estimate of drug-likeness (QED) is 0.0219. The van der Waals surface area contributed by atoms with E-state index >= 15 is 0 Å². The van der Waals surface area contributed by atoms with Gasteiger partial charge in [0.25, 0.3) is 0 Å². The number of rotatable bonds is 56. The molecule has 0 aromatic heterocycles. The number of unbranched alkanes of at least 4 members (excludes halogenated alkanes) is 37. The Morgan fingerprint density at radius 3 is 0.803 bits per heavy atom. The number of aliphatic hydroxyl groups is 2. The Bertz CT molecular complexity index is 2800. The van der Waals surface area contributed by atoms with E-state index in [0.717, 1.165) is 30.8 Å². The van der Waals surface area contributed by atoms with E-state index in [0.29, 0.717) is 13.2 Å². The number of benzene rings is 6. The average Bonchev–Trinajstić information content (AvgIpc) is 0.838. The van der Waals surface area contributed by atoms with Crippen LogP contribution in [0.1, 0.15) is 431 Å². The summed E-state index contributed by atoms with van der Waals surface area (Å²) in [5.41, 5.74) is 9.30. The zero-order chi connectivity index (χ0) is 88.3. The minimum Gasteiger partial charge on any atom is -0.491 e. The van der Waals surface area contributed by atoms with Gasteiger partial charge in [0.2, 0.25) is 0 Å². The summed E-state index contributed by atoms with van der Waals surface area (Å²) in [6, 6.07) is 48.7. The first-order valence-electron chi connectivity index (χ1n) is 47.9. The maximum atomic E-state index is 9.37.